The second-order valence-electron chi connectivity index (χ2n) is 6.55. The van der Waals surface area contributed by atoms with Crippen LogP contribution in [0.2, 0.25) is 0 Å². The number of aromatic amines is 1. The van der Waals surface area contributed by atoms with E-state index in [-0.39, 0.29) is 6.42 Å². The molecule has 124 valence electrons. The normalized spacial score (nSPS) is 12.9. The van der Waals surface area contributed by atoms with E-state index in [2.05, 4.69) is 10.3 Å². The van der Waals surface area contributed by atoms with E-state index < -0.39 is 23.7 Å². The van der Waals surface area contributed by atoms with Crippen LogP contribution < -0.4 is 5.32 Å². The summed E-state index contributed by atoms with van der Waals surface area (Å²) in [6, 6.07) is 4.78. The van der Waals surface area contributed by atoms with E-state index in [0.29, 0.717) is 0 Å². The lowest BCUT2D eigenvalue weighted by Crippen LogP contribution is -2.44. The Labute approximate surface area is 134 Å². The van der Waals surface area contributed by atoms with Crippen molar-refractivity contribution in [1.29, 1.82) is 0 Å². The summed E-state index contributed by atoms with van der Waals surface area (Å²) < 4.78 is 5.12. The van der Waals surface area contributed by atoms with Gasteiger partial charge in [0.05, 0.1) is 0 Å². The molecule has 1 heterocycles. The molecular weight excluding hydrogens is 296 g/mol. The number of nitrogens with one attached hydrogen (secondary N) is 2. The number of amides is 1. The summed E-state index contributed by atoms with van der Waals surface area (Å²) in [5.41, 5.74) is 2.22. The minimum Gasteiger partial charge on any atom is -0.480 e. The fraction of sp³-hybridized carbons (Fsp3) is 0.412. The third kappa shape index (κ3) is 4.25. The van der Waals surface area contributed by atoms with Crippen molar-refractivity contribution in [3.63, 3.8) is 0 Å². The number of benzene rings is 1. The first kappa shape index (κ1) is 16.9. The Morgan fingerprint density at radius 1 is 1.35 bits per heavy atom. The second-order valence-corrected chi connectivity index (χ2v) is 6.55. The highest BCUT2D eigenvalue weighted by molar-refractivity contribution is 5.87. The summed E-state index contributed by atoms with van der Waals surface area (Å²) in [6.45, 7) is 7.16. The average molecular weight is 318 g/mol. The largest absolute Gasteiger partial charge is 0.480 e. The molecule has 0 saturated heterocycles. The maximum Gasteiger partial charge on any atom is 0.408 e. The fourth-order valence-corrected chi connectivity index (χ4v) is 2.40. The lowest BCUT2D eigenvalue weighted by atomic mass is 10.0. The minimum absolute atomic E-state index is 0.179. The number of carbonyl (C=O) groups excluding carboxylic acids is 1. The van der Waals surface area contributed by atoms with Gasteiger partial charge in [0.15, 0.2) is 0 Å². The highest BCUT2D eigenvalue weighted by Gasteiger charge is 2.25. The Bertz CT molecular complexity index is 728. The van der Waals surface area contributed by atoms with Gasteiger partial charge in [0.25, 0.3) is 0 Å². The van der Waals surface area contributed by atoms with Crippen LogP contribution in [-0.2, 0) is 16.0 Å². The number of H-pyrrole nitrogens is 1. The van der Waals surface area contributed by atoms with Gasteiger partial charge in [-0.3, -0.25) is 0 Å². The first-order chi connectivity index (χ1) is 10.7. The summed E-state index contributed by atoms with van der Waals surface area (Å²) in [4.78, 5) is 26.4. The molecule has 2 rings (SSSR count). The number of aromatic nitrogens is 1. The van der Waals surface area contributed by atoms with E-state index >= 15 is 0 Å². The number of hydrogen-bond acceptors (Lipinski definition) is 3. The summed E-state index contributed by atoms with van der Waals surface area (Å²) >= 11 is 0. The Balaban J connectivity index is 2.17. The Morgan fingerprint density at radius 3 is 2.65 bits per heavy atom. The molecule has 1 amide bonds. The molecule has 1 atom stereocenters. The lowest BCUT2D eigenvalue weighted by molar-refractivity contribution is -0.139. The van der Waals surface area contributed by atoms with Crippen LogP contribution in [0.3, 0.4) is 0 Å². The van der Waals surface area contributed by atoms with Gasteiger partial charge in [-0.25, -0.2) is 9.59 Å². The van der Waals surface area contributed by atoms with Crippen molar-refractivity contribution in [2.75, 3.05) is 0 Å². The van der Waals surface area contributed by atoms with Crippen molar-refractivity contribution in [3.8, 4) is 0 Å². The minimum atomic E-state index is -1.10. The topological polar surface area (TPSA) is 91.4 Å². The maximum atomic E-state index is 11.8. The average Bonchev–Trinajstić information content (AvgIpc) is 2.80. The third-order valence-electron chi connectivity index (χ3n) is 3.42. The Morgan fingerprint density at radius 2 is 2.04 bits per heavy atom. The molecule has 0 radical (unpaired) electrons. The molecule has 0 aliphatic rings. The van der Waals surface area contributed by atoms with E-state index in [1.165, 1.54) is 0 Å². The first-order valence-electron chi connectivity index (χ1n) is 7.45. The molecule has 0 bridgehead atoms. The van der Waals surface area contributed by atoms with Crippen molar-refractivity contribution >= 4 is 23.0 Å². The van der Waals surface area contributed by atoms with Gasteiger partial charge in [-0.1, -0.05) is 18.2 Å². The van der Waals surface area contributed by atoms with Crippen molar-refractivity contribution < 1.29 is 19.4 Å². The van der Waals surface area contributed by atoms with Gasteiger partial charge in [0, 0.05) is 23.5 Å². The Hall–Kier alpha value is -2.50. The van der Waals surface area contributed by atoms with Gasteiger partial charge >= 0.3 is 12.1 Å². The van der Waals surface area contributed by atoms with Crippen LogP contribution >= 0.6 is 0 Å². The van der Waals surface area contributed by atoms with Gasteiger partial charge < -0.3 is 20.1 Å². The van der Waals surface area contributed by atoms with Crippen LogP contribution in [0, 0.1) is 6.92 Å². The first-order valence-corrected chi connectivity index (χ1v) is 7.45. The van der Waals surface area contributed by atoms with Gasteiger partial charge in [-0.05, 0) is 38.8 Å². The monoisotopic (exact) mass is 318 g/mol. The zero-order valence-corrected chi connectivity index (χ0v) is 13.8. The molecule has 2 aromatic rings. The fourth-order valence-electron chi connectivity index (χ4n) is 2.40. The molecule has 6 heteroatoms. The van der Waals surface area contributed by atoms with Crippen LogP contribution in [0.25, 0.3) is 10.9 Å². The van der Waals surface area contributed by atoms with Crippen molar-refractivity contribution in [2.45, 2.75) is 45.8 Å². The number of hydrogen-bond donors (Lipinski definition) is 3. The number of alkyl carbamates (subject to hydrolysis) is 1. The molecule has 1 aromatic carbocycles. The highest BCUT2D eigenvalue weighted by Crippen LogP contribution is 2.22. The second kappa shape index (κ2) is 6.32. The Kier molecular flexibility index (Phi) is 4.63. The highest BCUT2D eigenvalue weighted by atomic mass is 16.6. The van der Waals surface area contributed by atoms with Crippen LogP contribution in [0.1, 0.15) is 31.9 Å². The molecule has 0 spiro atoms. The van der Waals surface area contributed by atoms with Gasteiger partial charge in [-0.15, -0.1) is 0 Å². The molecule has 1 aromatic heterocycles. The van der Waals surface area contributed by atoms with Crippen molar-refractivity contribution in [1.82, 2.24) is 10.3 Å². The third-order valence-corrected chi connectivity index (χ3v) is 3.42. The molecule has 0 saturated carbocycles. The predicted octanol–water partition coefficient (Wildman–Crippen LogP) is 3.00. The SMILES string of the molecule is Cc1cccc2c(C[C@H](NC(=O)OC(C)(C)C)C(=O)O)c[nH]c12. The van der Waals surface area contributed by atoms with E-state index in [0.717, 1.165) is 22.0 Å². The molecule has 0 aliphatic heterocycles. The maximum absolute atomic E-state index is 11.8. The van der Waals surface area contributed by atoms with Gasteiger partial charge in [-0.2, -0.15) is 0 Å². The zero-order valence-electron chi connectivity index (χ0n) is 13.8. The zero-order chi connectivity index (χ0) is 17.2. The standard InChI is InChI=1S/C17H22N2O4/c1-10-6-5-7-12-11(9-18-14(10)12)8-13(15(20)21)19-16(22)23-17(2,3)4/h5-7,9,13,18H,8H2,1-4H3,(H,19,22)(H,20,21)/t13-/m0/s1. The number of ether oxygens (including phenoxy) is 1. The summed E-state index contributed by atoms with van der Waals surface area (Å²) in [7, 11) is 0. The predicted molar refractivity (Wildman–Crippen MR) is 87.5 cm³/mol. The number of aryl methyl sites for hydroxylation is 1. The van der Waals surface area contributed by atoms with E-state index in [1.807, 2.05) is 25.1 Å². The van der Waals surface area contributed by atoms with Crippen LogP contribution in [-0.4, -0.2) is 33.8 Å². The number of para-hydroxylation sites is 1. The molecule has 0 unspecified atom stereocenters. The molecule has 6 nitrogen and oxygen atoms in total. The lowest BCUT2D eigenvalue weighted by Gasteiger charge is -2.22. The molecular formula is C17H22N2O4. The smallest absolute Gasteiger partial charge is 0.408 e. The van der Waals surface area contributed by atoms with Crippen LogP contribution in [0.5, 0.6) is 0 Å². The molecule has 0 fully saturated rings. The molecule has 3 N–H and O–H groups in total. The quantitative estimate of drug-likeness (QED) is 0.808. The molecule has 23 heavy (non-hydrogen) atoms. The molecule has 0 aliphatic carbocycles. The van der Waals surface area contributed by atoms with E-state index in [1.54, 1.807) is 27.0 Å². The number of carbonyl (C=O) groups is 2. The van der Waals surface area contributed by atoms with E-state index in [9.17, 15) is 14.7 Å². The van der Waals surface area contributed by atoms with Gasteiger partial charge in [0.1, 0.15) is 11.6 Å². The number of aliphatic carboxylic acids is 1. The number of fused-ring (bicyclic) bond motifs is 1. The van der Waals surface area contributed by atoms with E-state index in [4.69, 9.17) is 4.74 Å². The van der Waals surface area contributed by atoms with Crippen LogP contribution in [0.15, 0.2) is 24.4 Å². The number of carboxylic acid groups (broad SMARTS) is 1. The number of carboxylic acids is 1. The summed E-state index contributed by atoms with van der Waals surface area (Å²) in [5.74, 6) is -1.10. The summed E-state index contributed by atoms with van der Waals surface area (Å²) in [6.07, 6.45) is 1.23. The number of rotatable bonds is 4. The van der Waals surface area contributed by atoms with Crippen molar-refractivity contribution in [3.05, 3.63) is 35.5 Å². The van der Waals surface area contributed by atoms with Crippen LogP contribution in [0.4, 0.5) is 4.79 Å². The summed E-state index contributed by atoms with van der Waals surface area (Å²) in [5, 5.41) is 12.7. The van der Waals surface area contributed by atoms with Crippen molar-refractivity contribution in [2.24, 2.45) is 0 Å². The van der Waals surface area contributed by atoms with Gasteiger partial charge in [0.2, 0.25) is 0 Å².